The molecule has 0 bridgehead atoms. The quantitative estimate of drug-likeness (QED) is 0.244. The number of carbonyl (C=O) groups excluding carboxylic acids is 2. The number of urea groups is 1. The first-order valence-electron chi connectivity index (χ1n) is 12.7. The van der Waals surface area contributed by atoms with Crippen LogP contribution in [0.2, 0.25) is 5.02 Å². The molecule has 3 rings (SSSR count). The number of aryl methyl sites for hydroxylation is 1. The van der Waals surface area contributed by atoms with Gasteiger partial charge in [-0.3, -0.25) is 4.79 Å². The van der Waals surface area contributed by atoms with Gasteiger partial charge in [0.25, 0.3) is 0 Å². The Morgan fingerprint density at radius 2 is 1.69 bits per heavy atom. The van der Waals surface area contributed by atoms with E-state index in [1.807, 2.05) is 41.5 Å². The lowest BCUT2D eigenvalue weighted by Gasteiger charge is -2.28. The molecule has 1 aromatic heterocycles. The average Bonchev–Trinajstić information content (AvgIpc) is 3.35. The molecule has 0 aliphatic heterocycles. The molecule has 1 N–H and O–H groups in total. The van der Waals surface area contributed by atoms with Crippen LogP contribution in [0.4, 0.5) is 10.5 Å². The SMILES string of the molecule is COCCCN(CC(=O)N(CCc1ccc(OC)c(OC)c1)Cc1sccc1C)C(=O)Nc1ccc(Cl)cc1. The summed E-state index contributed by atoms with van der Waals surface area (Å²) >= 11 is 7.60. The van der Waals surface area contributed by atoms with Crippen LogP contribution < -0.4 is 14.8 Å². The zero-order chi connectivity index (χ0) is 28.2. The van der Waals surface area contributed by atoms with Crippen LogP contribution in [0, 0.1) is 6.92 Å². The number of hydrogen-bond donors (Lipinski definition) is 1. The predicted molar refractivity (Wildman–Crippen MR) is 156 cm³/mol. The Hall–Kier alpha value is -3.27. The molecule has 1 heterocycles. The van der Waals surface area contributed by atoms with E-state index in [1.54, 1.807) is 56.9 Å². The van der Waals surface area contributed by atoms with Crippen LogP contribution in [-0.4, -0.2) is 69.3 Å². The van der Waals surface area contributed by atoms with Crippen LogP contribution in [-0.2, 0) is 22.5 Å². The van der Waals surface area contributed by atoms with Crippen molar-refractivity contribution in [2.75, 3.05) is 52.9 Å². The summed E-state index contributed by atoms with van der Waals surface area (Å²) < 4.78 is 16.0. The van der Waals surface area contributed by atoms with Crippen LogP contribution in [0.1, 0.15) is 22.4 Å². The fraction of sp³-hybridized carbons (Fsp3) is 0.379. The first-order chi connectivity index (χ1) is 18.8. The van der Waals surface area contributed by atoms with Crippen molar-refractivity contribution in [3.05, 3.63) is 74.9 Å². The minimum absolute atomic E-state index is 0.0561. The summed E-state index contributed by atoms with van der Waals surface area (Å²) in [4.78, 5) is 31.3. The summed E-state index contributed by atoms with van der Waals surface area (Å²) in [6.07, 6.45) is 1.23. The molecule has 0 saturated heterocycles. The number of halogens is 1. The fourth-order valence-electron chi connectivity index (χ4n) is 3.98. The zero-order valence-corrected chi connectivity index (χ0v) is 24.4. The Kier molecular flexibility index (Phi) is 11.9. The van der Waals surface area contributed by atoms with E-state index in [4.69, 9.17) is 25.8 Å². The molecule has 8 nitrogen and oxygen atoms in total. The van der Waals surface area contributed by atoms with E-state index in [2.05, 4.69) is 5.32 Å². The van der Waals surface area contributed by atoms with Crippen molar-refractivity contribution in [2.45, 2.75) is 26.3 Å². The molecule has 10 heteroatoms. The van der Waals surface area contributed by atoms with Gasteiger partial charge in [-0.2, -0.15) is 0 Å². The number of carbonyl (C=O) groups is 2. The third-order valence-corrected chi connectivity index (χ3v) is 7.52. The molecule has 39 heavy (non-hydrogen) atoms. The van der Waals surface area contributed by atoms with Crippen molar-refractivity contribution in [1.29, 1.82) is 0 Å². The second-order valence-corrected chi connectivity index (χ2v) is 10.4. The molecule has 210 valence electrons. The topological polar surface area (TPSA) is 80.3 Å². The van der Waals surface area contributed by atoms with E-state index in [0.717, 1.165) is 16.0 Å². The van der Waals surface area contributed by atoms with Gasteiger partial charge in [0.15, 0.2) is 11.5 Å². The minimum atomic E-state index is -0.353. The number of amides is 3. The largest absolute Gasteiger partial charge is 0.493 e. The minimum Gasteiger partial charge on any atom is -0.493 e. The smallest absolute Gasteiger partial charge is 0.322 e. The predicted octanol–water partition coefficient (Wildman–Crippen LogP) is 5.87. The number of nitrogens with one attached hydrogen (secondary N) is 1. The molecule has 0 unspecified atom stereocenters. The molecule has 0 spiro atoms. The molecule has 3 amide bonds. The Labute approximate surface area is 239 Å². The number of rotatable bonds is 14. The van der Waals surface area contributed by atoms with E-state index >= 15 is 0 Å². The van der Waals surface area contributed by atoms with Gasteiger partial charge in [-0.15, -0.1) is 11.3 Å². The maximum atomic E-state index is 13.7. The number of ether oxygens (including phenoxy) is 3. The Morgan fingerprint density at radius 1 is 0.949 bits per heavy atom. The normalized spacial score (nSPS) is 10.7. The highest BCUT2D eigenvalue weighted by Crippen LogP contribution is 2.28. The Bertz CT molecular complexity index is 1220. The van der Waals surface area contributed by atoms with Gasteiger partial charge in [-0.05, 0) is 78.7 Å². The maximum Gasteiger partial charge on any atom is 0.322 e. The van der Waals surface area contributed by atoms with Crippen LogP contribution in [0.3, 0.4) is 0 Å². The average molecular weight is 574 g/mol. The van der Waals surface area contributed by atoms with Crippen LogP contribution >= 0.6 is 22.9 Å². The van der Waals surface area contributed by atoms with E-state index in [-0.39, 0.29) is 18.5 Å². The molecule has 0 radical (unpaired) electrons. The van der Waals surface area contributed by atoms with Crippen molar-refractivity contribution in [1.82, 2.24) is 9.80 Å². The van der Waals surface area contributed by atoms with Crippen molar-refractivity contribution in [3.63, 3.8) is 0 Å². The molecule has 0 atom stereocenters. The van der Waals surface area contributed by atoms with Gasteiger partial charge in [0.1, 0.15) is 6.54 Å². The molecule has 0 fully saturated rings. The first-order valence-corrected chi connectivity index (χ1v) is 13.9. The first kappa shape index (κ1) is 30.3. The lowest BCUT2D eigenvalue weighted by atomic mass is 10.1. The van der Waals surface area contributed by atoms with E-state index < -0.39 is 0 Å². The van der Waals surface area contributed by atoms with Gasteiger partial charge < -0.3 is 29.3 Å². The number of thiophene rings is 1. The van der Waals surface area contributed by atoms with E-state index in [1.165, 1.54) is 4.90 Å². The third-order valence-electron chi connectivity index (χ3n) is 6.26. The van der Waals surface area contributed by atoms with Crippen LogP contribution in [0.25, 0.3) is 0 Å². The van der Waals surface area contributed by atoms with Crippen molar-refractivity contribution in [3.8, 4) is 11.5 Å². The second-order valence-electron chi connectivity index (χ2n) is 8.99. The van der Waals surface area contributed by atoms with Gasteiger partial charge in [-0.1, -0.05) is 17.7 Å². The lowest BCUT2D eigenvalue weighted by Crippen LogP contribution is -2.45. The summed E-state index contributed by atoms with van der Waals surface area (Å²) in [6.45, 7) is 3.80. The molecule has 0 aliphatic rings. The second kappa shape index (κ2) is 15.4. The van der Waals surface area contributed by atoms with E-state index in [0.29, 0.717) is 61.3 Å². The summed E-state index contributed by atoms with van der Waals surface area (Å²) in [5, 5.41) is 5.47. The molecule has 0 saturated carbocycles. The van der Waals surface area contributed by atoms with Crippen molar-refractivity contribution < 1.29 is 23.8 Å². The maximum absolute atomic E-state index is 13.7. The molecular formula is C29H36ClN3O5S. The fourth-order valence-corrected chi connectivity index (χ4v) is 5.03. The number of methoxy groups -OCH3 is 3. The van der Waals surface area contributed by atoms with Crippen molar-refractivity contribution >= 4 is 40.6 Å². The monoisotopic (exact) mass is 573 g/mol. The third kappa shape index (κ3) is 9.16. The van der Waals surface area contributed by atoms with Crippen molar-refractivity contribution in [2.24, 2.45) is 0 Å². The lowest BCUT2D eigenvalue weighted by molar-refractivity contribution is -0.132. The molecule has 0 aliphatic carbocycles. The number of hydrogen-bond acceptors (Lipinski definition) is 6. The highest BCUT2D eigenvalue weighted by Gasteiger charge is 2.23. The van der Waals surface area contributed by atoms with Gasteiger partial charge in [0.05, 0.1) is 20.8 Å². The summed E-state index contributed by atoms with van der Waals surface area (Å²) in [5.41, 5.74) is 2.76. The van der Waals surface area contributed by atoms with Gasteiger partial charge >= 0.3 is 6.03 Å². The number of benzene rings is 2. The number of nitrogens with zero attached hydrogens (tertiary/aromatic N) is 2. The summed E-state index contributed by atoms with van der Waals surface area (Å²) in [7, 11) is 4.82. The Morgan fingerprint density at radius 3 is 2.33 bits per heavy atom. The zero-order valence-electron chi connectivity index (χ0n) is 22.9. The molecule has 2 aromatic carbocycles. The van der Waals surface area contributed by atoms with Gasteiger partial charge in [0.2, 0.25) is 5.91 Å². The van der Waals surface area contributed by atoms with E-state index in [9.17, 15) is 9.59 Å². The molecular weight excluding hydrogens is 538 g/mol. The molecule has 3 aromatic rings. The standard InChI is InChI=1S/C29H36ClN3O5S/c1-21-13-17-39-27(21)19-32(15-12-22-6-11-25(37-3)26(18-22)38-4)28(34)20-33(14-5-16-36-2)29(35)31-24-9-7-23(30)8-10-24/h6-11,13,17-18H,5,12,14-16,19-20H2,1-4H3,(H,31,35). The van der Waals surface area contributed by atoms with Crippen LogP contribution in [0.15, 0.2) is 53.9 Å². The summed E-state index contributed by atoms with van der Waals surface area (Å²) in [6, 6.07) is 14.3. The van der Waals surface area contributed by atoms with Gasteiger partial charge in [-0.25, -0.2) is 4.79 Å². The Balaban J connectivity index is 1.76. The highest BCUT2D eigenvalue weighted by atomic mass is 35.5. The summed E-state index contributed by atoms with van der Waals surface area (Å²) in [5.74, 6) is 1.17. The van der Waals surface area contributed by atoms with Gasteiger partial charge in [0, 0.05) is 42.4 Å². The van der Waals surface area contributed by atoms with Crippen LogP contribution in [0.5, 0.6) is 11.5 Å². The number of anilines is 1. The highest BCUT2D eigenvalue weighted by molar-refractivity contribution is 7.10.